The molecule has 1 atom stereocenters. The molecule has 0 aliphatic heterocycles. The van der Waals surface area contributed by atoms with Gasteiger partial charge in [0.2, 0.25) is 0 Å². The maximum absolute atomic E-state index is 11.5. The van der Waals surface area contributed by atoms with E-state index >= 15 is 0 Å². The summed E-state index contributed by atoms with van der Waals surface area (Å²) in [5.41, 5.74) is 1.79. The van der Waals surface area contributed by atoms with Gasteiger partial charge in [-0.2, -0.15) is 0 Å². The Morgan fingerprint density at radius 1 is 1.43 bits per heavy atom. The van der Waals surface area contributed by atoms with Crippen molar-refractivity contribution >= 4 is 22.6 Å². The molecule has 2 N–H and O–H groups in total. The van der Waals surface area contributed by atoms with Crippen LogP contribution in [0.15, 0.2) is 30.5 Å². The molecule has 0 bridgehead atoms. The van der Waals surface area contributed by atoms with Gasteiger partial charge in [-0.05, 0) is 24.8 Å². The lowest BCUT2D eigenvalue weighted by atomic mass is 10.0. The average Bonchev–Trinajstić information content (AvgIpc) is 3.30. The number of benzene rings is 1. The Morgan fingerprint density at radius 3 is 2.86 bits per heavy atom. The van der Waals surface area contributed by atoms with Gasteiger partial charge < -0.3 is 10.4 Å². The Balaban J connectivity index is 2.00. The van der Waals surface area contributed by atoms with Crippen molar-refractivity contribution in [2.75, 3.05) is 5.32 Å². The summed E-state index contributed by atoms with van der Waals surface area (Å²) in [6.45, 7) is 2.14. The molecule has 3 rings (SSSR count). The Bertz CT molecular complexity index is 665. The fourth-order valence-electron chi connectivity index (χ4n) is 2.75. The van der Waals surface area contributed by atoms with Gasteiger partial charge in [0.15, 0.2) is 0 Å². The van der Waals surface area contributed by atoms with E-state index < -0.39 is 5.97 Å². The predicted octanol–water partition coefficient (Wildman–Crippen LogP) is 3.92. The second kappa shape index (κ2) is 5.72. The van der Waals surface area contributed by atoms with Gasteiger partial charge in [0.05, 0.1) is 11.2 Å². The molecule has 1 unspecified atom stereocenters. The summed E-state index contributed by atoms with van der Waals surface area (Å²) < 4.78 is 0. The van der Waals surface area contributed by atoms with E-state index in [9.17, 15) is 9.90 Å². The van der Waals surface area contributed by atoms with Crippen molar-refractivity contribution < 1.29 is 9.90 Å². The fraction of sp³-hybridized carbons (Fsp3) is 0.412. The number of carboxylic acids is 1. The number of aromatic carboxylic acids is 1. The molecule has 0 spiro atoms. The number of carbonyl (C=O) groups is 1. The molecule has 0 amide bonds. The maximum atomic E-state index is 11.5. The summed E-state index contributed by atoms with van der Waals surface area (Å²) >= 11 is 0. The minimum atomic E-state index is -0.933. The zero-order valence-electron chi connectivity index (χ0n) is 12.2. The highest BCUT2D eigenvalue weighted by atomic mass is 16.4. The fourth-order valence-corrected chi connectivity index (χ4v) is 2.75. The van der Waals surface area contributed by atoms with Crippen LogP contribution in [0.25, 0.3) is 10.9 Å². The molecular weight excluding hydrogens is 264 g/mol. The minimum absolute atomic E-state index is 0.253. The van der Waals surface area contributed by atoms with Gasteiger partial charge >= 0.3 is 5.97 Å². The van der Waals surface area contributed by atoms with E-state index in [-0.39, 0.29) is 5.56 Å². The number of anilines is 1. The average molecular weight is 284 g/mol. The number of hydrogen-bond donors (Lipinski definition) is 2. The van der Waals surface area contributed by atoms with Crippen molar-refractivity contribution in [1.82, 2.24) is 4.98 Å². The van der Waals surface area contributed by atoms with Crippen molar-refractivity contribution in [3.63, 3.8) is 0 Å². The predicted molar refractivity (Wildman–Crippen MR) is 83.7 cm³/mol. The third kappa shape index (κ3) is 2.99. The molecule has 2 aromatic rings. The van der Waals surface area contributed by atoms with Gasteiger partial charge in [-0.15, -0.1) is 0 Å². The summed E-state index contributed by atoms with van der Waals surface area (Å²) in [4.78, 5) is 15.7. The zero-order valence-corrected chi connectivity index (χ0v) is 12.2. The van der Waals surface area contributed by atoms with Crippen LogP contribution in [0.4, 0.5) is 5.69 Å². The van der Waals surface area contributed by atoms with Crippen LogP contribution in [0.5, 0.6) is 0 Å². The molecule has 4 nitrogen and oxygen atoms in total. The molecule has 1 saturated carbocycles. The second-order valence-corrected chi connectivity index (χ2v) is 5.80. The van der Waals surface area contributed by atoms with E-state index in [0.717, 1.165) is 29.7 Å². The van der Waals surface area contributed by atoms with Gasteiger partial charge in [-0.25, -0.2) is 4.79 Å². The van der Waals surface area contributed by atoms with E-state index in [2.05, 4.69) is 17.2 Å². The van der Waals surface area contributed by atoms with Crippen molar-refractivity contribution in [2.24, 2.45) is 5.92 Å². The maximum Gasteiger partial charge on any atom is 0.339 e. The first-order chi connectivity index (χ1) is 10.2. The number of rotatable bonds is 6. The molecule has 1 fully saturated rings. The van der Waals surface area contributed by atoms with E-state index in [0.29, 0.717) is 11.7 Å². The standard InChI is InChI=1S/C17H20N2O2/c1-2-12(9-11-7-8-11)19-16-13-5-3-4-6-15(13)18-10-14(16)17(20)21/h3-6,10-12H,2,7-9H2,1H3,(H,18,19)(H,20,21). The van der Waals surface area contributed by atoms with E-state index in [1.807, 2.05) is 24.3 Å². The van der Waals surface area contributed by atoms with Crippen molar-refractivity contribution in [3.05, 3.63) is 36.0 Å². The van der Waals surface area contributed by atoms with Gasteiger partial charge in [0.25, 0.3) is 0 Å². The number of carboxylic acid groups (broad SMARTS) is 1. The number of nitrogens with one attached hydrogen (secondary N) is 1. The monoisotopic (exact) mass is 284 g/mol. The van der Waals surface area contributed by atoms with Gasteiger partial charge in [-0.3, -0.25) is 4.98 Å². The molecule has 1 aliphatic rings. The first-order valence-electron chi connectivity index (χ1n) is 7.56. The van der Waals surface area contributed by atoms with E-state index in [1.54, 1.807) is 0 Å². The summed E-state index contributed by atoms with van der Waals surface area (Å²) in [5, 5.41) is 13.8. The Kier molecular flexibility index (Phi) is 3.78. The van der Waals surface area contributed by atoms with Crippen LogP contribution in [0.1, 0.15) is 43.0 Å². The smallest absolute Gasteiger partial charge is 0.339 e. The summed E-state index contributed by atoms with van der Waals surface area (Å²) in [7, 11) is 0. The number of fused-ring (bicyclic) bond motifs is 1. The highest BCUT2D eigenvalue weighted by molar-refractivity contribution is 6.04. The minimum Gasteiger partial charge on any atom is -0.478 e. The normalized spacial score (nSPS) is 15.9. The van der Waals surface area contributed by atoms with Gasteiger partial charge in [0, 0.05) is 17.6 Å². The Hall–Kier alpha value is -2.10. The summed E-state index contributed by atoms with van der Waals surface area (Å²) in [6.07, 6.45) is 6.18. The molecule has 110 valence electrons. The quantitative estimate of drug-likeness (QED) is 0.844. The molecule has 0 saturated heterocycles. The molecular formula is C17H20N2O2. The summed E-state index contributed by atoms with van der Waals surface area (Å²) in [6, 6.07) is 8.00. The molecule has 1 heterocycles. The third-order valence-corrected chi connectivity index (χ3v) is 4.16. The van der Waals surface area contributed by atoms with Crippen LogP contribution in [-0.4, -0.2) is 22.1 Å². The zero-order chi connectivity index (χ0) is 14.8. The molecule has 0 radical (unpaired) electrons. The number of nitrogens with zero attached hydrogens (tertiary/aromatic N) is 1. The Labute approximate surface area is 124 Å². The number of para-hydroxylation sites is 1. The van der Waals surface area contributed by atoms with Crippen LogP contribution in [0.3, 0.4) is 0 Å². The SMILES string of the molecule is CCC(CC1CC1)Nc1c(C(=O)O)cnc2ccccc12. The number of pyridine rings is 1. The first kappa shape index (κ1) is 13.9. The molecule has 1 aromatic carbocycles. The lowest BCUT2D eigenvalue weighted by Crippen LogP contribution is -2.21. The van der Waals surface area contributed by atoms with E-state index in [4.69, 9.17) is 0 Å². The van der Waals surface area contributed by atoms with Crippen LogP contribution >= 0.6 is 0 Å². The second-order valence-electron chi connectivity index (χ2n) is 5.80. The molecule has 1 aromatic heterocycles. The van der Waals surface area contributed by atoms with Gasteiger partial charge in [-0.1, -0.05) is 38.0 Å². The van der Waals surface area contributed by atoms with Gasteiger partial charge in [0.1, 0.15) is 5.56 Å². The number of hydrogen-bond acceptors (Lipinski definition) is 3. The van der Waals surface area contributed by atoms with Crippen LogP contribution in [-0.2, 0) is 0 Å². The highest BCUT2D eigenvalue weighted by Gasteiger charge is 2.26. The third-order valence-electron chi connectivity index (χ3n) is 4.16. The Morgan fingerprint density at radius 2 is 2.19 bits per heavy atom. The largest absolute Gasteiger partial charge is 0.478 e. The summed E-state index contributed by atoms with van der Waals surface area (Å²) in [5.74, 6) is -0.124. The first-order valence-corrected chi connectivity index (χ1v) is 7.56. The van der Waals surface area contributed by atoms with Crippen molar-refractivity contribution in [1.29, 1.82) is 0 Å². The van der Waals surface area contributed by atoms with Crippen LogP contribution in [0, 0.1) is 5.92 Å². The lowest BCUT2D eigenvalue weighted by molar-refractivity contribution is 0.0697. The van der Waals surface area contributed by atoms with Crippen LogP contribution < -0.4 is 5.32 Å². The van der Waals surface area contributed by atoms with Crippen molar-refractivity contribution in [2.45, 2.75) is 38.6 Å². The van der Waals surface area contributed by atoms with Crippen molar-refractivity contribution in [3.8, 4) is 0 Å². The van der Waals surface area contributed by atoms with Crippen LogP contribution in [0.2, 0.25) is 0 Å². The lowest BCUT2D eigenvalue weighted by Gasteiger charge is -2.20. The molecule has 4 heteroatoms. The topological polar surface area (TPSA) is 62.2 Å². The highest BCUT2D eigenvalue weighted by Crippen LogP contribution is 2.36. The molecule has 1 aliphatic carbocycles. The number of aromatic nitrogens is 1. The molecule has 21 heavy (non-hydrogen) atoms. The van der Waals surface area contributed by atoms with E-state index in [1.165, 1.54) is 19.0 Å².